The minimum Gasteiger partial charge on any atom is -0.448 e. The monoisotopic (exact) mass is 303 g/mol. The standard InChI is InChI=1S/C14H29N3O4/c1-12(2,3)14(13(4,5)6,9-21-11(16)19)17-7-8-20-10(15)18/h17H,7-9H2,1-6H3,(H2,15,18)(H2,16,19). The van der Waals surface area contributed by atoms with E-state index in [1.54, 1.807) is 0 Å². The predicted octanol–water partition coefficient (Wildman–Crippen LogP) is 1.60. The summed E-state index contributed by atoms with van der Waals surface area (Å²) in [6.45, 7) is 12.9. The molecule has 0 spiro atoms. The third-order valence-electron chi connectivity index (χ3n) is 3.76. The van der Waals surface area contributed by atoms with Crippen molar-refractivity contribution in [2.24, 2.45) is 22.3 Å². The lowest BCUT2D eigenvalue weighted by molar-refractivity contribution is -0.0321. The average molecular weight is 303 g/mol. The van der Waals surface area contributed by atoms with Crippen molar-refractivity contribution in [3.05, 3.63) is 0 Å². The summed E-state index contributed by atoms with van der Waals surface area (Å²) >= 11 is 0. The number of amides is 2. The quantitative estimate of drug-likeness (QED) is 0.644. The minimum absolute atomic E-state index is 0.117. The first-order chi connectivity index (χ1) is 9.33. The maximum atomic E-state index is 11.0. The summed E-state index contributed by atoms with van der Waals surface area (Å²) in [7, 11) is 0. The van der Waals surface area contributed by atoms with E-state index in [4.69, 9.17) is 20.9 Å². The van der Waals surface area contributed by atoms with Gasteiger partial charge in [0, 0.05) is 6.54 Å². The molecule has 0 aliphatic heterocycles. The van der Waals surface area contributed by atoms with Crippen LogP contribution in [0.5, 0.6) is 0 Å². The molecule has 5 N–H and O–H groups in total. The molecule has 0 aromatic heterocycles. The molecule has 0 saturated heterocycles. The van der Waals surface area contributed by atoms with Gasteiger partial charge in [-0.05, 0) is 10.8 Å². The topological polar surface area (TPSA) is 117 Å². The highest BCUT2D eigenvalue weighted by molar-refractivity contribution is 5.64. The van der Waals surface area contributed by atoms with Crippen molar-refractivity contribution in [2.45, 2.75) is 47.1 Å². The number of primary amides is 2. The van der Waals surface area contributed by atoms with Gasteiger partial charge in [-0.25, -0.2) is 9.59 Å². The van der Waals surface area contributed by atoms with E-state index >= 15 is 0 Å². The van der Waals surface area contributed by atoms with Crippen LogP contribution in [0.15, 0.2) is 0 Å². The van der Waals surface area contributed by atoms with Crippen LogP contribution in [-0.2, 0) is 9.47 Å². The van der Waals surface area contributed by atoms with Gasteiger partial charge in [-0.15, -0.1) is 0 Å². The minimum atomic E-state index is -0.817. The molecule has 7 heteroatoms. The van der Waals surface area contributed by atoms with Crippen molar-refractivity contribution in [3.63, 3.8) is 0 Å². The smallest absolute Gasteiger partial charge is 0.404 e. The largest absolute Gasteiger partial charge is 0.448 e. The Balaban J connectivity index is 5.19. The number of carbonyl (C=O) groups excluding carboxylic acids is 2. The summed E-state index contributed by atoms with van der Waals surface area (Å²) in [6, 6.07) is 0. The third kappa shape index (κ3) is 5.41. The number of ether oxygens (including phenoxy) is 2. The Morgan fingerprint density at radius 3 is 1.67 bits per heavy atom. The molecule has 0 aliphatic rings. The molecule has 0 aromatic carbocycles. The number of rotatable bonds is 6. The van der Waals surface area contributed by atoms with Crippen LogP contribution in [0.3, 0.4) is 0 Å². The van der Waals surface area contributed by atoms with E-state index in [1.807, 2.05) is 41.5 Å². The molecule has 0 atom stereocenters. The lowest BCUT2D eigenvalue weighted by atomic mass is 9.60. The zero-order chi connectivity index (χ0) is 16.9. The zero-order valence-electron chi connectivity index (χ0n) is 13.9. The summed E-state index contributed by atoms with van der Waals surface area (Å²) in [5.41, 5.74) is 9.00. The van der Waals surface area contributed by atoms with E-state index in [0.29, 0.717) is 6.54 Å². The van der Waals surface area contributed by atoms with E-state index in [9.17, 15) is 9.59 Å². The van der Waals surface area contributed by atoms with Gasteiger partial charge < -0.3 is 26.3 Å². The van der Waals surface area contributed by atoms with Crippen LogP contribution in [0.2, 0.25) is 0 Å². The second-order valence-electron chi connectivity index (χ2n) is 7.11. The fraction of sp³-hybridized carbons (Fsp3) is 0.857. The molecular formula is C14H29N3O4. The average Bonchev–Trinajstić information content (AvgIpc) is 2.23. The summed E-state index contributed by atoms with van der Waals surface area (Å²) in [6.07, 6.45) is -1.63. The number of carbonyl (C=O) groups is 2. The maximum Gasteiger partial charge on any atom is 0.404 e. The summed E-state index contributed by atoms with van der Waals surface area (Å²) in [4.78, 5) is 21.6. The summed E-state index contributed by atoms with van der Waals surface area (Å²) < 4.78 is 9.81. The number of hydrogen-bond donors (Lipinski definition) is 3. The van der Waals surface area contributed by atoms with Gasteiger partial charge in [0.1, 0.15) is 13.2 Å². The Kier molecular flexibility index (Phi) is 6.48. The second kappa shape index (κ2) is 6.98. The van der Waals surface area contributed by atoms with Crippen LogP contribution >= 0.6 is 0 Å². The Hall–Kier alpha value is -1.50. The number of hydrogen-bond acceptors (Lipinski definition) is 5. The van der Waals surface area contributed by atoms with E-state index < -0.39 is 17.7 Å². The van der Waals surface area contributed by atoms with Crippen molar-refractivity contribution in [2.75, 3.05) is 19.8 Å². The first-order valence-electron chi connectivity index (χ1n) is 6.93. The van der Waals surface area contributed by atoms with Gasteiger partial charge in [0.05, 0.1) is 5.54 Å². The van der Waals surface area contributed by atoms with Gasteiger partial charge >= 0.3 is 12.2 Å². The highest BCUT2D eigenvalue weighted by atomic mass is 16.5. The van der Waals surface area contributed by atoms with Gasteiger partial charge in [0.25, 0.3) is 0 Å². The molecule has 0 bridgehead atoms. The molecule has 0 unspecified atom stereocenters. The Morgan fingerprint density at radius 2 is 1.33 bits per heavy atom. The van der Waals surface area contributed by atoms with Crippen molar-refractivity contribution in [1.82, 2.24) is 5.32 Å². The molecule has 0 saturated carbocycles. The van der Waals surface area contributed by atoms with E-state index in [2.05, 4.69) is 5.32 Å². The van der Waals surface area contributed by atoms with Crippen LogP contribution in [0.1, 0.15) is 41.5 Å². The van der Waals surface area contributed by atoms with E-state index in [-0.39, 0.29) is 24.0 Å². The predicted molar refractivity (Wildman–Crippen MR) is 80.7 cm³/mol. The molecule has 0 aromatic rings. The Morgan fingerprint density at radius 1 is 0.905 bits per heavy atom. The van der Waals surface area contributed by atoms with Gasteiger partial charge in [-0.1, -0.05) is 41.5 Å². The molecular weight excluding hydrogens is 274 g/mol. The molecule has 2 amide bonds. The number of nitrogens with one attached hydrogen (secondary N) is 1. The molecule has 124 valence electrons. The van der Waals surface area contributed by atoms with Crippen LogP contribution in [0, 0.1) is 10.8 Å². The Bertz CT molecular complexity index is 355. The maximum absolute atomic E-state index is 11.0. The van der Waals surface area contributed by atoms with Gasteiger partial charge in [-0.3, -0.25) is 0 Å². The molecule has 7 nitrogen and oxygen atoms in total. The van der Waals surface area contributed by atoms with Crippen LogP contribution in [0.25, 0.3) is 0 Å². The van der Waals surface area contributed by atoms with Crippen molar-refractivity contribution >= 4 is 12.2 Å². The first-order valence-corrected chi connectivity index (χ1v) is 6.93. The second-order valence-corrected chi connectivity index (χ2v) is 7.11. The first kappa shape index (κ1) is 19.5. The highest BCUT2D eigenvalue weighted by Crippen LogP contribution is 2.44. The molecule has 0 fully saturated rings. The molecule has 0 radical (unpaired) electrons. The lowest BCUT2D eigenvalue weighted by Gasteiger charge is -2.53. The van der Waals surface area contributed by atoms with E-state index in [0.717, 1.165) is 0 Å². The van der Waals surface area contributed by atoms with Gasteiger partial charge in [0.2, 0.25) is 0 Å². The van der Waals surface area contributed by atoms with Gasteiger partial charge in [0.15, 0.2) is 0 Å². The van der Waals surface area contributed by atoms with Crippen LogP contribution < -0.4 is 16.8 Å². The third-order valence-corrected chi connectivity index (χ3v) is 3.76. The van der Waals surface area contributed by atoms with Crippen molar-refractivity contribution in [3.8, 4) is 0 Å². The van der Waals surface area contributed by atoms with E-state index in [1.165, 1.54) is 0 Å². The normalized spacial score (nSPS) is 12.9. The van der Waals surface area contributed by atoms with Crippen molar-refractivity contribution < 1.29 is 19.1 Å². The fourth-order valence-electron chi connectivity index (χ4n) is 2.73. The van der Waals surface area contributed by atoms with Crippen LogP contribution in [-0.4, -0.2) is 37.5 Å². The molecule has 0 rings (SSSR count). The van der Waals surface area contributed by atoms with Gasteiger partial charge in [-0.2, -0.15) is 0 Å². The van der Waals surface area contributed by atoms with Crippen LogP contribution in [0.4, 0.5) is 9.59 Å². The molecule has 0 aliphatic carbocycles. The SMILES string of the molecule is CC(C)(C)C(COC(N)=O)(NCCOC(N)=O)C(C)(C)C. The lowest BCUT2D eigenvalue weighted by Crippen LogP contribution is -2.66. The van der Waals surface area contributed by atoms with Crippen molar-refractivity contribution in [1.29, 1.82) is 0 Å². The summed E-state index contributed by atoms with van der Waals surface area (Å²) in [5, 5.41) is 3.36. The molecule has 0 heterocycles. The molecule has 21 heavy (non-hydrogen) atoms. The fourth-order valence-corrected chi connectivity index (χ4v) is 2.73. The number of nitrogens with two attached hydrogens (primary N) is 2. The highest BCUT2D eigenvalue weighted by Gasteiger charge is 2.51. The summed E-state index contributed by atoms with van der Waals surface area (Å²) in [5.74, 6) is 0. The zero-order valence-corrected chi connectivity index (χ0v) is 13.9. The Labute approximate surface area is 126 Å².